The van der Waals surface area contributed by atoms with Crippen LogP contribution in [0, 0.1) is 5.92 Å². The number of amides is 2. The number of anilines is 1. The molecule has 0 radical (unpaired) electrons. The highest BCUT2D eigenvalue weighted by atomic mass is 16.5. The summed E-state index contributed by atoms with van der Waals surface area (Å²) < 4.78 is 5.50. The summed E-state index contributed by atoms with van der Waals surface area (Å²) in [4.78, 5) is 27.1. The largest absolute Gasteiger partial charge is 0.375 e. The first-order chi connectivity index (χ1) is 13.9. The van der Waals surface area contributed by atoms with E-state index < -0.39 is 0 Å². The molecule has 1 heterocycles. The molecule has 5 nitrogen and oxygen atoms in total. The smallest absolute Gasteiger partial charge is 0.254 e. The molecule has 1 N–H and O–H groups in total. The van der Waals surface area contributed by atoms with Gasteiger partial charge in [0.15, 0.2) is 0 Å². The molecule has 0 aliphatic carbocycles. The lowest BCUT2D eigenvalue weighted by Crippen LogP contribution is -2.44. The second kappa shape index (κ2) is 9.70. The molecule has 2 aromatic rings. The maximum atomic E-state index is 12.6. The Morgan fingerprint density at radius 3 is 2.41 bits per heavy atom. The summed E-state index contributed by atoms with van der Waals surface area (Å²) in [5.74, 6) is 0.509. The Labute approximate surface area is 173 Å². The summed E-state index contributed by atoms with van der Waals surface area (Å²) in [5, 5.41) is 2.97. The van der Waals surface area contributed by atoms with Crippen molar-refractivity contribution in [1.29, 1.82) is 0 Å². The highest BCUT2D eigenvalue weighted by Gasteiger charge is 2.23. The number of hydrogen-bond donors (Lipinski definition) is 1. The second-order valence-corrected chi connectivity index (χ2v) is 8.02. The molecule has 2 unspecified atom stereocenters. The molecule has 5 heteroatoms. The fourth-order valence-corrected chi connectivity index (χ4v) is 3.73. The number of morpholine rings is 1. The predicted octanol–water partition coefficient (Wildman–Crippen LogP) is 4.32. The minimum atomic E-state index is -0.0198. The summed E-state index contributed by atoms with van der Waals surface area (Å²) in [6.07, 6.45) is 0.485. The molecular formula is C24H30N2O3. The van der Waals surface area contributed by atoms with Gasteiger partial charge in [-0.1, -0.05) is 44.2 Å². The first-order valence-electron chi connectivity index (χ1n) is 10.3. The van der Waals surface area contributed by atoms with Gasteiger partial charge in [0.25, 0.3) is 5.91 Å². The monoisotopic (exact) mass is 394 g/mol. The molecule has 1 fully saturated rings. The van der Waals surface area contributed by atoms with E-state index in [1.165, 1.54) is 5.56 Å². The summed E-state index contributed by atoms with van der Waals surface area (Å²) >= 11 is 0. The molecule has 0 spiro atoms. The molecule has 2 atom stereocenters. The highest BCUT2D eigenvalue weighted by molar-refractivity contribution is 5.96. The van der Waals surface area contributed by atoms with Crippen LogP contribution in [0.2, 0.25) is 0 Å². The van der Waals surface area contributed by atoms with Gasteiger partial charge in [-0.05, 0) is 48.6 Å². The summed E-state index contributed by atoms with van der Waals surface area (Å²) in [7, 11) is 0. The third-order valence-electron chi connectivity index (χ3n) is 5.38. The van der Waals surface area contributed by atoms with Crippen molar-refractivity contribution in [3.05, 3.63) is 65.7 Å². The number of benzene rings is 2. The molecule has 1 saturated heterocycles. The van der Waals surface area contributed by atoms with Crippen LogP contribution in [-0.4, -0.2) is 42.5 Å². The maximum absolute atomic E-state index is 12.6. The van der Waals surface area contributed by atoms with Crippen LogP contribution in [0.4, 0.5) is 5.69 Å². The summed E-state index contributed by atoms with van der Waals surface area (Å²) in [5.41, 5.74) is 2.51. The molecule has 0 aromatic heterocycles. The molecule has 2 amide bonds. The first-order valence-corrected chi connectivity index (χ1v) is 10.3. The van der Waals surface area contributed by atoms with Gasteiger partial charge in [0.1, 0.15) is 0 Å². The Balaban J connectivity index is 1.60. The Hall–Kier alpha value is -2.66. The van der Waals surface area contributed by atoms with Gasteiger partial charge in [-0.2, -0.15) is 0 Å². The van der Waals surface area contributed by atoms with Crippen LogP contribution in [0.15, 0.2) is 54.6 Å². The zero-order valence-electron chi connectivity index (χ0n) is 17.4. The number of hydrogen-bond acceptors (Lipinski definition) is 3. The maximum Gasteiger partial charge on any atom is 0.254 e. The average Bonchev–Trinajstić information content (AvgIpc) is 2.72. The van der Waals surface area contributed by atoms with Crippen molar-refractivity contribution < 1.29 is 14.3 Å². The Morgan fingerprint density at radius 2 is 1.79 bits per heavy atom. The topological polar surface area (TPSA) is 58.6 Å². The van der Waals surface area contributed by atoms with Crippen LogP contribution in [0.25, 0.3) is 0 Å². The zero-order chi connectivity index (χ0) is 20.8. The van der Waals surface area contributed by atoms with Crippen LogP contribution in [-0.2, 0) is 9.53 Å². The van der Waals surface area contributed by atoms with Crippen molar-refractivity contribution in [3.63, 3.8) is 0 Å². The molecule has 1 aliphatic heterocycles. The van der Waals surface area contributed by atoms with Crippen LogP contribution < -0.4 is 5.32 Å². The van der Waals surface area contributed by atoms with Gasteiger partial charge in [-0.25, -0.2) is 0 Å². The lowest BCUT2D eigenvalue weighted by atomic mass is 9.85. The van der Waals surface area contributed by atoms with Gasteiger partial charge in [-0.3, -0.25) is 9.59 Å². The van der Waals surface area contributed by atoms with Gasteiger partial charge in [0.05, 0.1) is 12.7 Å². The van der Waals surface area contributed by atoms with Crippen LogP contribution >= 0.6 is 0 Å². The lowest BCUT2D eigenvalue weighted by molar-refractivity contribution is -0.116. The Bertz CT molecular complexity index is 818. The number of ether oxygens (including phenoxy) is 1. The van der Waals surface area contributed by atoms with Crippen molar-refractivity contribution >= 4 is 17.5 Å². The van der Waals surface area contributed by atoms with E-state index in [0.717, 1.165) is 0 Å². The van der Waals surface area contributed by atoms with E-state index in [9.17, 15) is 9.59 Å². The number of carbonyl (C=O) groups is 2. The predicted molar refractivity (Wildman–Crippen MR) is 115 cm³/mol. The molecule has 1 aliphatic rings. The molecule has 3 rings (SSSR count). The van der Waals surface area contributed by atoms with Crippen molar-refractivity contribution in [1.82, 2.24) is 4.90 Å². The van der Waals surface area contributed by atoms with Gasteiger partial charge in [0.2, 0.25) is 5.91 Å². The van der Waals surface area contributed by atoms with E-state index in [1.807, 2.05) is 30.0 Å². The van der Waals surface area contributed by atoms with Crippen molar-refractivity contribution in [2.75, 3.05) is 25.0 Å². The van der Waals surface area contributed by atoms with Crippen molar-refractivity contribution in [3.8, 4) is 0 Å². The van der Waals surface area contributed by atoms with E-state index in [-0.39, 0.29) is 23.8 Å². The lowest BCUT2D eigenvalue weighted by Gasteiger charge is -2.31. The summed E-state index contributed by atoms with van der Waals surface area (Å²) in [6, 6.07) is 17.3. The minimum absolute atomic E-state index is 0.00183. The van der Waals surface area contributed by atoms with Crippen LogP contribution in [0.3, 0.4) is 0 Å². The normalized spacial score (nSPS) is 17.8. The third-order valence-corrected chi connectivity index (χ3v) is 5.38. The van der Waals surface area contributed by atoms with Gasteiger partial charge >= 0.3 is 0 Å². The van der Waals surface area contributed by atoms with E-state index in [0.29, 0.717) is 43.3 Å². The van der Waals surface area contributed by atoms with Crippen LogP contribution in [0.1, 0.15) is 49.0 Å². The number of nitrogens with zero attached hydrogens (tertiary/aromatic N) is 1. The Kier molecular flexibility index (Phi) is 7.04. The number of carbonyl (C=O) groups excluding carboxylic acids is 2. The van der Waals surface area contributed by atoms with E-state index in [4.69, 9.17) is 4.74 Å². The quantitative estimate of drug-likeness (QED) is 0.794. The standard InChI is InChI=1S/C24H30N2O3/c1-17(2)22(19-7-5-4-6-8-19)15-23(27)25-21-11-9-20(10-12-21)24(28)26-13-14-29-18(3)16-26/h4-12,17-18,22H,13-16H2,1-3H3,(H,25,27). The van der Waals surface area contributed by atoms with Gasteiger partial charge in [-0.15, -0.1) is 0 Å². The Morgan fingerprint density at radius 1 is 1.10 bits per heavy atom. The minimum Gasteiger partial charge on any atom is -0.375 e. The molecule has 0 bridgehead atoms. The molecule has 2 aromatic carbocycles. The van der Waals surface area contributed by atoms with Gasteiger partial charge in [0, 0.05) is 30.8 Å². The fraction of sp³-hybridized carbons (Fsp3) is 0.417. The highest BCUT2D eigenvalue weighted by Crippen LogP contribution is 2.28. The van der Waals surface area contributed by atoms with Crippen LogP contribution in [0.5, 0.6) is 0 Å². The number of rotatable bonds is 6. The van der Waals surface area contributed by atoms with Gasteiger partial charge < -0.3 is 15.0 Å². The molecule has 154 valence electrons. The SMILES string of the molecule is CC1CN(C(=O)c2ccc(NC(=O)CC(c3ccccc3)C(C)C)cc2)CCO1. The number of nitrogens with one attached hydrogen (secondary N) is 1. The third kappa shape index (κ3) is 5.67. The first kappa shape index (κ1) is 21.1. The zero-order valence-corrected chi connectivity index (χ0v) is 17.4. The van der Waals surface area contributed by atoms with E-state index in [1.54, 1.807) is 24.3 Å². The molecule has 29 heavy (non-hydrogen) atoms. The van der Waals surface area contributed by atoms with E-state index in [2.05, 4.69) is 31.3 Å². The second-order valence-electron chi connectivity index (χ2n) is 8.02. The van der Waals surface area contributed by atoms with E-state index >= 15 is 0 Å². The van der Waals surface area contributed by atoms with Crippen molar-refractivity contribution in [2.24, 2.45) is 5.92 Å². The molecular weight excluding hydrogens is 364 g/mol. The summed E-state index contributed by atoms with van der Waals surface area (Å²) in [6.45, 7) is 8.03. The fourth-order valence-electron chi connectivity index (χ4n) is 3.73. The van der Waals surface area contributed by atoms with Crippen molar-refractivity contribution in [2.45, 2.75) is 39.2 Å². The average molecular weight is 395 g/mol. The molecule has 0 saturated carbocycles.